The van der Waals surface area contributed by atoms with Gasteiger partial charge < -0.3 is 70.0 Å². The monoisotopic (exact) mass is 398 g/mol. The Morgan fingerprint density at radius 1 is 0.625 bits per heavy atom. The predicted molar refractivity (Wildman–Crippen MR) is 51.7 cm³/mol. The maximum Gasteiger partial charge on any atom is 2.00 e. The Balaban J connectivity index is -0.00000000145. The van der Waals surface area contributed by atoms with Gasteiger partial charge in [-0.2, -0.15) is 8.42 Å². The smallest absolute Gasteiger partial charge is 1.00 e. The Hall–Kier alpha value is 1.61. The van der Waals surface area contributed by atoms with Crippen LogP contribution in [0.3, 0.4) is 0 Å². The van der Waals surface area contributed by atoms with Crippen LogP contribution in [0.25, 0.3) is 0 Å². The molecule has 20 N–H and O–H groups in total. The van der Waals surface area contributed by atoms with Crippen LogP contribution in [0, 0.1) is 0 Å². The maximum absolute atomic E-state index is 8.74. The van der Waals surface area contributed by atoms with Gasteiger partial charge in [-0.25, -0.2) is 0 Å². The second kappa shape index (κ2) is 69.9. The molecule has 12 nitrogen and oxygen atoms in total. The van der Waals surface area contributed by atoms with Crippen molar-refractivity contribution in [3.05, 3.63) is 0 Å². The van der Waals surface area contributed by atoms with Gasteiger partial charge in [0.1, 0.15) is 0 Å². The van der Waals surface area contributed by atoms with Crippen molar-refractivity contribution in [3.63, 3.8) is 0 Å². The first-order chi connectivity index (χ1) is 2.00. The van der Waals surface area contributed by atoms with Crippen LogP contribution in [0.15, 0.2) is 0 Å². The Kier molecular flexibility index (Phi) is 674. The minimum absolute atomic E-state index is 0. The van der Waals surface area contributed by atoms with Crippen molar-refractivity contribution in [1.82, 2.24) is 12.3 Å². The van der Waals surface area contributed by atoms with Crippen molar-refractivity contribution in [2.75, 3.05) is 0 Å². The van der Waals surface area contributed by atoms with E-state index in [1.165, 1.54) is 0 Å². The van der Waals surface area contributed by atoms with Crippen molar-refractivity contribution in [1.29, 1.82) is 0 Å². The van der Waals surface area contributed by atoms with Crippen LogP contribution in [0.5, 0.6) is 0 Å². The SMILES string of the molecule is N.N.O.O.O.O.O.O.O=S(=O)(O)O.[Cl-].[Cl-].[Sr+2]. The Labute approximate surface area is 142 Å². The molecule has 0 rings (SSSR count). The van der Waals surface area contributed by atoms with Crippen LogP contribution < -0.4 is 37.1 Å². The zero-order chi connectivity index (χ0) is 4.50. The first kappa shape index (κ1) is 154. The van der Waals surface area contributed by atoms with Gasteiger partial charge in [-0.3, -0.25) is 9.11 Å². The fraction of sp³-hybridized carbons (Fsp3) is 0. The number of halogens is 2. The van der Waals surface area contributed by atoms with Crippen molar-refractivity contribution in [2.45, 2.75) is 0 Å². The summed E-state index contributed by atoms with van der Waals surface area (Å²) in [5.74, 6) is 0. The molecule has 0 fully saturated rings. The zero-order valence-electron chi connectivity index (χ0n) is 8.00. The summed E-state index contributed by atoms with van der Waals surface area (Å²) in [6, 6.07) is 0. The van der Waals surface area contributed by atoms with Crippen LogP contribution in [0.1, 0.15) is 0 Å². The molecule has 0 amide bonds. The van der Waals surface area contributed by atoms with Crippen LogP contribution in [0.4, 0.5) is 0 Å². The van der Waals surface area contributed by atoms with E-state index >= 15 is 0 Å². The molecule has 0 saturated carbocycles. The summed E-state index contributed by atoms with van der Waals surface area (Å²) in [4.78, 5) is 0. The predicted octanol–water partition coefficient (Wildman–Crippen LogP) is -11.6. The van der Waals surface area contributed by atoms with E-state index in [9.17, 15) is 0 Å². The summed E-state index contributed by atoms with van der Waals surface area (Å²) in [6.45, 7) is 0. The van der Waals surface area contributed by atoms with E-state index < -0.39 is 10.4 Å². The molecular weight excluding hydrogens is 379 g/mol. The third-order valence-electron chi connectivity index (χ3n) is 0. The normalized spacial score (nSPS) is 3.62. The Morgan fingerprint density at radius 3 is 0.625 bits per heavy atom. The van der Waals surface area contributed by atoms with E-state index in [4.69, 9.17) is 17.5 Å². The summed E-state index contributed by atoms with van der Waals surface area (Å²) < 4.78 is 31.6. The molecule has 0 aromatic carbocycles. The molecule has 112 valence electrons. The van der Waals surface area contributed by atoms with Crippen molar-refractivity contribution >= 4 is 55.9 Å². The molecule has 0 spiro atoms. The fourth-order valence-electron chi connectivity index (χ4n) is 0. The number of hydrogen-bond donors (Lipinski definition) is 4. The topological polar surface area (TPSA) is 334 Å². The van der Waals surface area contributed by atoms with Gasteiger partial charge in [-0.05, 0) is 0 Å². The summed E-state index contributed by atoms with van der Waals surface area (Å²) in [7, 11) is -4.67. The van der Waals surface area contributed by atoms with Gasteiger partial charge in [0.25, 0.3) is 0 Å². The van der Waals surface area contributed by atoms with Crippen LogP contribution in [-0.4, -0.2) is 95.9 Å². The third-order valence-corrected chi connectivity index (χ3v) is 0. The molecule has 0 aliphatic rings. The molecule has 0 heterocycles. The maximum atomic E-state index is 8.74. The Bertz CT molecular complexity index is 110. The quantitative estimate of drug-likeness (QED) is 0.226. The number of rotatable bonds is 0. The van der Waals surface area contributed by atoms with E-state index in [0.29, 0.717) is 0 Å². The standard InChI is InChI=1S/2ClH.2H3N.H2O4S.6H2O.Sr/c;;;;1-5(2,3)4;;;;;;;/h2*1H;2*1H3;(H2,1,2,3,4);6*1H2;/q;;;;;;;;;;;+2/p-2. The second-order valence-electron chi connectivity index (χ2n) is 0.448. The van der Waals surface area contributed by atoms with Gasteiger partial charge in [0.2, 0.25) is 0 Å². The van der Waals surface area contributed by atoms with Gasteiger partial charge in [0.05, 0.1) is 0 Å². The average molecular weight is 399 g/mol. The first-order valence-corrected chi connectivity index (χ1v) is 2.10. The summed E-state index contributed by atoms with van der Waals surface area (Å²) in [5, 5.41) is 0. The van der Waals surface area contributed by atoms with E-state index in [1.54, 1.807) is 0 Å². The molecule has 0 aliphatic carbocycles. The van der Waals surface area contributed by atoms with Crippen molar-refractivity contribution in [2.24, 2.45) is 0 Å². The molecule has 0 atom stereocenters. The molecular formula is H20Cl2N2O10SSr. The molecule has 0 aromatic rings. The van der Waals surface area contributed by atoms with E-state index in [0.717, 1.165) is 0 Å². The summed E-state index contributed by atoms with van der Waals surface area (Å²) in [6.07, 6.45) is 0. The molecule has 16 heteroatoms. The van der Waals surface area contributed by atoms with Gasteiger partial charge in [0.15, 0.2) is 0 Å². The van der Waals surface area contributed by atoms with Crippen LogP contribution in [-0.2, 0) is 10.4 Å². The molecule has 0 bridgehead atoms. The van der Waals surface area contributed by atoms with Crippen LogP contribution >= 0.6 is 0 Å². The minimum atomic E-state index is -4.67. The molecule has 16 heavy (non-hydrogen) atoms. The largest absolute Gasteiger partial charge is 2.00 e. The van der Waals surface area contributed by atoms with E-state index in [1.807, 2.05) is 0 Å². The minimum Gasteiger partial charge on any atom is -1.00 e. The second-order valence-corrected chi connectivity index (χ2v) is 1.34. The molecule has 0 unspecified atom stereocenters. The summed E-state index contributed by atoms with van der Waals surface area (Å²) >= 11 is 0. The van der Waals surface area contributed by atoms with E-state index in [-0.39, 0.29) is 115 Å². The van der Waals surface area contributed by atoms with Gasteiger partial charge >= 0.3 is 55.9 Å². The molecule has 0 aliphatic heterocycles. The first-order valence-electron chi connectivity index (χ1n) is 0.698. The molecule has 0 aromatic heterocycles. The number of hydrogen-bond acceptors (Lipinski definition) is 4. The van der Waals surface area contributed by atoms with Crippen LogP contribution in [0.2, 0.25) is 0 Å². The summed E-state index contributed by atoms with van der Waals surface area (Å²) in [5.41, 5.74) is 0. The zero-order valence-corrected chi connectivity index (χ0v) is 13.8. The average Bonchev–Trinajstić information content (AvgIpc) is 0.722. The fourth-order valence-corrected chi connectivity index (χ4v) is 0. The van der Waals surface area contributed by atoms with Gasteiger partial charge in [-0.15, -0.1) is 0 Å². The molecule has 0 saturated heterocycles. The molecule has 0 radical (unpaired) electrons. The van der Waals surface area contributed by atoms with Gasteiger partial charge in [-0.1, -0.05) is 0 Å². The van der Waals surface area contributed by atoms with E-state index in [2.05, 4.69) is 0 Å². The van der Waals surface area contributed by atoms with Crippen molar-refractivity contribution in [3.8, 4) is 0 Å². The Morgan fingerprint density at radius 2 is 0.625 bits per heavy atom. The third kappa shape index (κ3) is 1280. The van der Waals surface area contributed by atoms with Gasteiger partial charge in [0, 0.05) is 0 Å². The van der Waals surface area contributed by atoms with Crippen molar-refractivity contribution < 1.29 is 75.2 Å².